The highest BCUT2D eigenvalue weighted by Gasteiger charge is 2.38. The summed E-state index contributed by atoms with van der Waals surface area (Å²) in [6.07, 6.45) is 3.02. The summed E-state index contributed by atoms with van der Waals surface area (Å²) in [7, 11) is 0. The van der Waals surface area contributed by atoms with Gasteiger partial charge in [0.05, 0.1) is 11.8 Å². The van der Waals surface area contributed by atoms with Gasteiger partial charge in [-0.1, -0.05) is 0 Å². The van der Waals surface area contributed by atoms with E-state index in [9.17, 15) is 9.18 Å². The van der Waals surface area contributed by atoms with Crippen molar-refractivity contribution in [3.05, 3.63) is 48.0 Å². The Kier molecular flexibility index (Phi) is 3.99. The van der Waals surface area contributed by atoms with Crippen molar-refractivity contribution >= 4 is 16.9 Å². The number of carbonyl (C=O) groups is 1. The number of hydrogen-bond acceptors (Lipinski definition) is 5. The number of H-pyrrole nitrogens is 1. The van der Waals surface area contributed by atoms with Gasteiger partial charge in [0.25, 0.3) is 5.91 Å². The lowest BCUT2D eigenvalue weighted by atomic mass is 9.98. The number of carbonyl (C=O) groups excluding carboxylic acids is 1. The number of rotatable bonds is 3. The smallest absolute Gasteiger partial charge is 0.291 e. The zero-order valence-corrected chi connectivity index (χ0v) is 14.7. The standard InChI is InChI=1S/C18H20FN5O2/c1-18(2)10-23(5-6-24(18)17(25)16-20-11-21-22-16)8-12-9-26-15-4-3-13(19)7-14(12)15/h3-4,7,9,11H,5-6,8,10H2,1-2H3,(H,20,21,22). The number of furan rings is 1. The minimum Gasteiger partial charge on any atom is -0.464 e. The molecule has 3 heterocycles. The Bertz CT molecular complexity index is 934. The fourth-order valence-corrected chi connectivity index (χ4v) is 3.62. The quantitative estimate of drug-likeness (QED) is 0.779. The van der Waals surface area contributed by atoms with Crippen LogP contribution < -0.4 is 0 Å². The molecule has 1 N–H and O–H groups in total. The summed E-state index contributed by atoms with van der Waals surface area (Å²) in [6, 6.07) is 4.54. The third-order valence-corrected chi connectivity index (χ3v) is 4.85. The maximum atomic E-state index is 13.6. The molecule has 7 nitrogen and oxygen atoms in total. The maximum absolute atomic E-state index is 13.6. The first-order valence-corrected chi connectivity index (χ1v) is 8.49. The molecule has 1 aromatic carbocycles. The molecule has 2 aromatic heterocycles. The Balaban J connectivity index is 1.50. The van der Waals surface area contributed by atoms with Crippen LogP contribution in [0.25, 0.3) is 11.0 Å². The Morgan fingerprint density at radius 3 is 2.96 bits per heavy atom. The Labute approximate surface area is 149 Å². The van der Waals surface area contributed by atoms with E-state index in [2.05, 4.69) is 20.1 Å². The first-order valence-electron chi connectivity index (χ1n) is 8.49. The second kappa shape index (κ2) is 6.21. The third kappa shape index (κ3) is 2.96. The van der Waals surface area contributed by atoms with Crippen LogP contribution in [0.5, 0.6) is 0 Å². The number of fused-ring (bicyclic) bond motifs is 1. The molecule has 3 aromatic rings. The van der Waals surface area contributed by atoms with E-state index in [0.717, 1.165) is 10.9 Å². The van der Waals surface area contributed by atoms with Crippen LogP contribution in [-0.2, 0) is 6.54 Å². The molecule has 1 aliphatic rings. The number of aromatic amines is 1. The summed E-state index contributed by atoms with van der Waals surface area (Å²) in [4.78, 5) is 20.7. The topological polar surface area (TPSA) is 78.3 Å². The van der Waals surface area contributed by atoms with Crippen molar-refractivity contribution in [3.63, 3.8) is 0 Å². The Hall–Kier alpha value is -2.74. The van der Waals surface area contributed by atoms with E-state index >= 15 is 0 Å². The number of benzene rings is 1. The first-order chi connectivity index (χ1) is 12.4. The molecule has 1 amide bonds. The largest absolute Gasteiger partial charge is 0.464 e. The van der Waals surface area contributed by atoms with Gasteiger partial charge in [-0.25, -0.2) is 9.37 Å². The second-order valence-electron chi connectivity index (χ2n) is 7.22. The van der Waals surface area contributed by atoms with E-state index in [1.807, 2.05) is 18.7 Å². The molecule has 136 valence electrons. The van der Waals surface area contributed by atoms with E-state index in [1.54, 1.807) is 12.3 Å². The molecule has 0 unspecified atom stereocenters. The van der Waals surface area contributed by atoms with Crippen LogP contribution in [0.2, 0.25) is 0 Å². The van der Waals surface area contributed by atoms with Gasteiger partial charge in [-0.15, -0.1) is 0 Å². The van der Waals surface area contributed by atoms with Gasteiger partial charge in [-0.2, -0.15) is 5.10 Å². The molecule has 8 heteroatoms. The number of nitrogens with one attached hydrogen (secondary N) is 1. The average molecular weight is 357 g/mol. The molecule has 26 heavy (non-hydrogen) atoms. The number of halogens is 1. The van der Waals surface area contributed by atoms with Crippen molar-refractivity contribution < 1.29 is 13.6 Å². The van der Waals surface area contributed by atoms with E-state index in [4.69, 9.17) is 4.42 Å². The summed E-state index contributed by atoms with van der Waals surface area (Å²) in [6.45, 7) is 6.68. The van der Waals surface area contributed by atoms with Crippen LogP contribution in [-0.4, -0.2) is 56.1 Å². The van der Waals surface area contributed by atoms with Crippen molar-refractivity contribution in [2.24, 2.45) is 0 Å². The molecule has 1 fully saturated rings. The molecular weight excluding hydrogens is 337 g/mol. The molecule has 0 bridgehead atoms. The van der Waals surface area contributed by atoms with Gasteiger partial charge in [0, 0.05) is 37.1 Å². The normalized spacial score (nSPS) is 17.7. The molecule has 0 saturated carbocycles. The lowest BCUT2D eigenvalue weighted by molar-refractivity contribution is 0.0150. The van der Waals surface area contributed by atoms with Crippen LogP contribution in [0.15, 0.2) is 35.2 Å². The van der Waals surface area contributed by atoms with Crippen molar-refractivity contribution in [2.45, 2.75) is 25.9 Å². The monoisotopic (exact) mass is 357 g/mol. The van der Waals surface area contributed by atoms with Gasteiger partial charge in [0.2, 0.25) is 5.82 Å². The fraction of sp³-hybridized carbons (Fsp3) is 0.389. The van der Waals surface area contributed by atoms with E-state index in [0.29, 0.717) is 31.8 Å². The predicted octanol–water partition coefficient (Wildman–Crippen LogP) is 2.43. The highest BCUT2D eigenvalue weighted by molar-refractivity contribution is 5.91. The van der Waals surface area contributed by atoms with Gasteiger partial charge in [0.15, 0.2) is 0 Å². The number of hydrogen-bond donors (Lipinski definition) is 1. The highest BCUT2D eigenvalue weighted by atomic mass is 19.1. The summed E-state index contributed by atoms with van der Waals surface area (Å²) in [5, 5.41) is 7.18. The van der Waals surface area contributed by atoms with Gasteiger partial charge < -0.3 is 9.32 Å². The predicted molar refractivity (Wildman–Crippen MR) is 92.9 cm³/mol. The van der Waals surface area contributed by atoms with Crippen LogP contribution in [0.4, 0.5) is 4.39 Å². The van der Waals surface area contributed by atoms with Gasteiger partial charge >= 0.3 is 0 Å². The Morgan fingerprint density at radius 2 is 2.23 bits per heavy atom. The number of amides is 1. The highest BCUT2D eigenvalue weighted by Crippen LogP contribution is 2.27. The van der Waals surface area contributed by atoms with Crippen molar-refractivity contribution in [1.82, 2.24) is 25.0 Å². The van der Waals surface area contributed by atoms with E-state index in [-0.39, 0.29) is 23.1 Å². The summed E-state index contributed by atoms with van der Waals surface area (Å²) >= 11 is 0. The van der Waals surface area contributed by atoms with E-state index in [1.165, 1.54) is 18.5 Å². The summed E-state index contributed by atoms with van der Waals surface area (Å²) in [5.41, 5.74) is 1.26. The van der Waals surface area contributed by atoms with Crippen molar-refractivity contribution in [3.8, 4) is 0 Å². The lowest BCUT2D eigenvalue weighted by Crippen LogP contribution is -2.60. The van der Waals surface area contributed by atoms with Gasteiger partial charge in [-0.05, 0) is 32.0 Å². The molecule has 0 aliphatic carbocycles. The van der Waals surface area contributed by atoms with Gasteiger partial charge in [-0.3, -0.25) is 14.8 Å². The molecule has 0 atom stereocenters. The third-order valence-electron chi connectivity index (χ3n) is 4.85. The van der Waals surface area contributed by atoms with Gasteiger partial charge in [0.1, 0.15) is 17.7 Å². The number of aromatic nitrogens is 3. The second-order valence-corrected chi connectivity index (χ2v) is 7.22. The molecule has 1 aliphatic heterocycles. The molecule has 1 saturated heterocycles. The SMILES string of the molecule is CC1(C)CN(Cc2coc3ccc(F)cc23)CCN1C(=O)c1ncn[nH]1. The molecule has 0 radical (unpaired) electrons. The maximum Gasteiger partial charge on any atom is 0.291 e. The minimum absolute atomic E-state index is 0.150. The van der Waals surface area contributed by atoms with Crippen LogP contribution >= 0.6 is 0 Å². The van der Waals surface area contributed by atoms with E-state index < -0.39 is 0 Å². The summed E-state index contributed by atoms with van der Waals surface area (Å²) in [5.74, 6) is -0.172. The van der Waals surface area contributed by atoms with Crippen molar-refractivity contribution in [2.75, 3.05) is 19.6 Å². The Morgan fingerprint density at radius 1 is 1.38 bits per heavy atom. The van der Waals surface area contributed by atoms with Crippen LogP contribution in [0, 0.1) is 5.82 Å². The average Bonchev–Trinajstić information content (AvgIpc) is 3.24. The fourth-order valence-electron chi connectivity index (χ4n) is 3.62. The number of nitrogens with zero attached hydrogens (tertiary/aromatic N) is 4. The zero-order valence-electron chi connectivity index (χ0n) is 14.7. The number of piperazine rings is 1. The van der Waals surface area contributed by atoms with Crippen molar-refractivity contribution in [1.29, 1.82) is 0 Å². The zero-order chi connectivity index (χ0) is 18.3. The summed E-state index contributed by atoms with van der Waals surface area (Å²) < 4.78 is 19.1. The minimum atomic E-state index is -0.368. The molecular formula is C18H20FN5O2. The lowest BCUT2D eigenvalue weighted by Gasteiger charge is -2.46. The molecule has 4 rings (SSSR count). The molecule has 0 spiro atoms. The first kappa shape index (κ1) is 16.7. The van der Waals surface area contributed by atoms with Crippen LogP contribution in [0.3, 0.4) is 0 Å². The van der Waals surface area contributed by atoms with Crippen LogP contribution in [0.1, 0.15) is 30.0 Å².